The summed E-state index contributed by atoms with van der Waals surface area (Å²) in [6.45, 7) is 0. The molecule has 1 aromatic carbocycles. The first-order valence-electron chi connectivity index (χ1n) is 6.42. The van der Waals surface area contributed by atoms with Crippen LogP contribution in [0.4, 0.5) is 11.6 Å². The fourth-order valence-electron chi connectivity index (χ4n) is 2.20. The maximum Gasteiger partial charge on any atom is 0.245 e. The maximum absolute atomic E-state index is 6.05. The van der Waals surface area contributed by atoms with Crippen molar-refractivity contribution in [2.24, 2.45) is 0 Å². The van der Waals surface area contributed by atoms with Crippen molar-refractivity contribution < 1.29 is 4.74 Å². The number of nitrogen functional groups attached to an aromatic ring is 1. The van der Waals surface area contributed by atoms with Crippen molar-refractivity contribution in [2.75, 3.05) is 31.8 Å². The molecular formula is C14H16N6O. The second-order valence-corrected chi connectivity index (χ2v) is 4.77. The van der Waals surface area contributed by atoms with E-state index in [-0.39, 0.29) is 0 Å². The molecule has 7 nitrogen and oxygen atoms in total. The van der Waals surface area contributed by atoms with Gasteiger partial charge in [0, 0.05) is 19.8 Å². The monoisotopic (exact) mass is 284 g/mol. The highest BCUT2D eigenvalue weighted by molar-refractivity contribution is 5.81. The van der Waals surface area contributed by atoms with Gasteiger partial charge in [0.2, 0.25) is 11.8 Å². The Hall–Kier alpha value is -2.83. The number of imidazole rings is 1. The molecule has 0 aliphatic heterocycles. The van der Waals surface area contributed by atoms with Gasteiger partial charge in [0.15, 0.2) is 11.2 Å². The van der Waals surface area contributed by atoms with Crippen LogP contribution in [0.15, 0.2) is 30.6 Å². The molecule has 108 valence electrons. The van der Waals surface area contributed by atoms with E-state index >= 15 is 0 Å². The second-order valence-electron chi connectivity index (χ2n) is 4.77. The summed E-state index contributed by atoms with van der Waals surface area (Å²) in [5.41, 5.74) is 9.17. The van der Waals surface area contributed by atoms with Gasteiger partial charge in [-0.25, -0.2) is 9.97 Å². The van der Waals surface area contributed by atoms with Gasteiger partial charge in [-0.3, -0.25) is 4.57 Å². The van der Waals surface area contributed by atoms with Crippen LogP contribution < -0.4 is 15.4 Å². The SMILES string of the molecule is COc1ncnc2c1nc(N)n2-c1cccc(N(C)C)c1. The van der Waals surface area contributed by atoms with E-state index in [0.29, 0.717) is 23.0 Å². The average molecular weight is 284 g/mol. The number of fused-ring (bicyclic) bond motifs is 1. The van der Waals surface area contributed by atoms with Crippen molar-refractivity contribution in [1.29, 1.82) is 0 Å². The Kier molecular flexibility index (Phi) is 3.09. The summed E-state index contributed by atoms with van der Waals surface area (Å²) >= 11 is 0. The Morgan fingerprint density at radius 2 is 2.05 bits per heavy atom. The van der Waals surface area contributed by atoms with Crippen molar-refractivity contribution in [1.82, 2.24) is 19.5 Å². The average Bonchev–Trinajstić information content (AvgIpc) is 2.83. The first-order chi connectivity index (χ1) is 10.1. The molecule has 0 saturated carbocycles. The molecule has 0 radical (unpaired) electrons. The van der Waals surface area contributed by atoms with Gasteiger partial charge in [-0.05, 0) is 18.2 Å². The third-order valence-corrected chi connectivity index (χ3v) is 3.23. The molecule has 3 rings (SSSR count). The van der Waals surface area contributed by atoms with E-state index < -0.39 is 0 Å². The van der Waals surface area contributed by atoms with Crippen LogP contribution in [0.2, 0.25) is 0 Å². The molecular weight excluding hydrogens is 268 g/mol. The third-order valence-electron chi connectivity index (χ3n) is 3.23. The predicted molar refractivity (Wildman–Crippen MR) is 82.0 cm³/mol. The Labute approximate surface area is 122 Å². The van der Waals surface area contributed by atoms with Gasteiger partial charge < -0.3 is 15.4 Å². The normalized spacial score (nSPS) is 10.8. The molecule has 2 heterocycles. The number of aromatic nitrogens is 4. The molecule has 0 bridgehead atoms. The highest BCUT2D eigenvalue weighted by atomic mass is 16.5. The van der Waals surface area contributed by atoms with Crippen LogP contribution in [-0.4, -0.2) is 40.7 Å². The summed E-state index contributed by atoms with van der Waals surface area (Å²) in [5, 5.41) is 0. The lowest BCUT2D eigenvalue weighted by molar-refractivity contribution is 0.401. The first kappa shape index (κ1) is 13.2. The van der Waals surface area contributed by atoms with E-state index in [0.717, 1.165) is 11.4 Å². The third kappa shape index (κ3) is 2.12. The van der Waals surface area contributed by atoms with E-state index in [1.807, 2.05) is 43.3 Å². The minimum atomic E-state index is 0.347. The highest BCUT2D eigenvalue weighted by Crippen LogP contribution is 2.27. The summed E-state index contributed by atoms with van der Waals surface area (Å²) in [5.74, 6) is 0.758. The molecule has 3 aromatic rings. The van der Waals surface area contributed by atoms with Gasteiger partial charge in [0.1, 0.15) is 6.33 Å². The van der Waals surface area contributed by atoms with Crippen LogP contribution in [0, 0.1) is 0 Å². The van der Waals surface area contributed by atoms with Gasteiger partial charge in [0.05, 0.1) is 12.8 Å². The molecule has 0 saturated heterocycles. The molecule has 0 aliphatic rings. The fraction of sp³-hybridized carbons (Fsp3) is 0.214. The van der Waals surface area contributed by atoms with Crippen LogP contribution in [0.5, 0.6) is 5.88 Å². The van der Waals surface area contributed by atoms with Crippen LogP contribution in [0.25, 0.3) is 16.9 Å². The molecule has 0 amide bonds. The molecule has 0 fully saturated rings. The molecule has 2 aromatic heterocycles. The summed E-state index contributed by atoms with van der Waals surface area (Å²) in [6, 6.07) is 7.97. The molecule has 2 N–H and O–H groups in total. The molecule has 0 spiro atoms. The Morgan fingerprint density at radius 3 is 2.76 bits per heavy atom. The highest BCUT2D eigenvalue weighted by Gasteiger charge is 2.16. The standard InChI is InChI=1S/C14H16N6O/c1-19(2)9-5-4-6-10(7-9)20-12-11(18-14(20)15)13(21-3)17-8-16-12/h4-8H,1-3H3,(H2,15,18). The number of nitrogens with two attached hydrogens (primary N) is 1. The van der Waals surface area contributed by atoms with Crippen LogP contribution >= 0.6 is 0 Å². The number of ether oxygens (including phenoxy) is 1. The van der Waals surface area contributed by atoms with Crippen LogP contribution in [0.1, 0.15) is 0 Å². The zero-order valence-electron chi connectivity index (χ0n) is 12.1. The number of benzene rings is 1. The van der Waals surface area contributed by atoms with Crippen molar-refractivity contribution in [3.8, 4) is 11.6 Å². The maximum atomic E-state index is 6.05. The topological polar surface area (TPSA) is 82.1 Å². The zero-order valence-corrected chi connectivity index (χ0v) is 12.1. The zero-order chi connectivity index (χ0) is 15.0. The second kappa shape index (κ2) is 4.93. The summed E-state index contributed by atoms with van der Waals surface area (Å²) < 4.78 is 6.99. The van der Waals surface area contributed by atoms with Crippen LogP contribution in [-0.2, 0) is 0 Å². The Bertz CT molecular complexity index is 795. The van der Waals surface area contributed by atoms with Gasteiger partial charge in [-0.2, -0.15) is 4.98 Å². The lowest BCUT2D eigenvalue weighted by Crippen LogP contribution is -2.09. The van der Waals surface area contributed by atoms with E-state index in [2.05, 4.69) is 15.0 Å². The van der Waals surface area contributed by atoms with Gasteiger partial charge >= 0.3 is 0 Å². The van der Waals surface area contributed by atoms with E-state index in [9.17, 15) is 0 Å². The number of hydrogen-bond donors (Lipinski definition) is 1. The van der Waals surface area contributed by atoms with Gasteiger partial charge in [-0.15, -0.1) is 0 Å². The van der Waals surface area contributed by atoms with Crippen molar-refractivity contribution in [3.05, 3.63) is 30.6 Å². The Balaban J connectivity index is 2.25. The minimum absolute atomic E-state index is 0.347. The predicted octanol–water partition coefficient (Wildman–Crippen LogP) is 1.47. The number of rotatable bonds is 3. The first-order valence-corrected chi connectivity index (χ1v) is 6.42. The van der Waals surface area contributed by atoms with Crippen molar-refractivity contribution in [2.45, 2.75) is 0 Å². The van der Waals surface area contributed by atoms with E-state index in [1.165, 1.54) is 6.33 Å². The lowest BCUT2D eigenvalue weighted by Gasteiger charge is -2.14. The smallest absolute Gasteiger partial charge is 0.245 e. The van der Waals surface area contributed by atoms with Crippen LogP contribution in [0.3, 0.4) is 0 Å². The molecule has 0 aliphatic carbocycles. The van der Waals surface area contributed by atoms with Crippen molar-refractivity contribution >= 4 is 22.8 Å². The summed E-state index contributed by atoms with van der Waals surface area (Å²) in [4.78, 5) is 14.7. The fourth-order valence-corrected chi connectivity index (χ4v) is 2.20. The quantitative estimate of drug-likeness (QED) is 0.784. The summed E-state index contributed by atoms with van der Waals surface area (Å²) in [6.07, 6.45) is 1.44. The van der Waals surface area contributed by atoms with Crippen molar-refractivity contribution in [3.63, 3.8) is 0 Å². The largest absolute Gasteiger partial charge is 0.479 e. The van der Waals surface area contributed by atoms with E-state index in [4.69, 9.17) is 10.5 Å². The molecule has 7 heteroatoms. The van der Waals surface area contributed by atoms with Gasteiger partial charge in [0.25, 0.3) is 0 Å². The minimum Gasteiger partial charge on any atom is -0.479 e. The molecule has 0 atom stereocenters. The number of anilines is 2. The number of nitrogens with zero attached hydrogens (tertiary/aromatic N) is 5. The van der Waals surface area contributed by atoms with Gasteiger partial charge in [-0.1, -0.05) is 6.07 Å². The Morgan fingerprint density at radius 1 is 1.24 bits per heavy atom. The van der Waals surface area contributed by atoms with E-state index in [1.54, 1.807) is 11.7 Å². The number of hydrogen-bond acceptors (Lipinski definition) is 6. The lowest BCUT2D eigenvalue weighted by atomic mass is 10.2. The molecule has 21 heavy (non-hydrogen) atoms. The molecule has 0 unspecified atom stereocenters. The summed E-state index contributed by atoms with van der Waals surface area (Å²) in [7, 11) is 5.52. The number of methoxy groups -OCH3 is 1.